The Labute approximate surface area is 192 Å². The average molecular weight is 461 g/mol. The molecule has 1 aliphatic heterocycles. The standard InChI is InChI=1S/C25H30F2N2O4/c1-24(2,3)33-23(31)29-13-11-25(12-14-29,19-15-17(26)9-10-20(19)27)16-28-22(30)18-7-5-6-8-21(18)32-4/h5-10,15H,11-14,16H2,1-4H3,(H,28,30). The number of rotatable bonds is 5. The van der Waals surface area contributed by atoms with E-state index >= 15 is 0 Å². The number of likely N-dealkylation sites (tertiary alicyclic amines) is 1. The van der Waals surface area contributed by atoms with Crippen molar-refractivity contribution in [1.29, 1.82) is 0 Å². The third kappa shape index (κ3) is 5.80. The van der Waals surface area contributed by atoms with E-state index in [2.05, 4.69) is 5.32 Å². The second-order valence-electron chi connectivity index (χ2n) is 9.25. The second-order valence-corrected chi connectivity index (χ2v) is 9.25. The normalized spacial score (nSPS) is 15.6. The van der Waals surface area contributed by atoms with Crippen LogP contribution in [0.4, 0.5) is 13.6 Å². The third-order valence-electron chi connectivity index (χ3n) is 5.81. The van der Waals surface area contributed by atoms with Gasteiger partial charge in [0.1, 0.15) is 23.0 Å². The van der Waals surface area contributed by atoms with E-state index in [9.17, 15) is 18.4 Å². The predicted molar refractivity (Wildman–Crippen MR) is 120 cm³/mol. The first-order valence-electron chi connectivity index (χ1n) is 10.9. The number of methoxy groups -OCH3 is 1. The molecule has 178 valence electrons. The average Bonchev–Trinajstić information content (AvgIpc) is 2.78. The Kier molecular flexibility index (Phi) is 7.25. The molecule has 1 heterocycles. The molecule has 33 heavy (non-hydrogen) atoms. The molecule has 0 bridgehead atoms. The summed E-state index contributed by atoms with van der Waals surface area (Å²) in [5.41, 5.74) is -0.988. The lowest BCUT2D eigenvalue weighted by atomic mass is 9.72. The number of ether oxygens (including phenoxy) is 2. The molecule has 0 unspecified atom stereocenters. The molecule has 2 aromatic rings. The van der Waals surface area contributed by atoms with Crippen LogP contribution >= 0.6 is 0 Å². The van der Waals surface area contributed by atoms with Gasteiger partial charge in [0.2, 0.25) is 0 Å². The van der Waals surface area contributed by atoms with Gasteiger partial charge in [0.15, 0.2) is 0 Å². The highest BCUT2D eigenvalue weighted by Gasteiger charge is 2.40. The van der Waals surface area contributed by atoms with Crippen molar-refractivity contribution in [2.45, 2.75) is 44.6 Å². The number of nitrogens with one attached hydrogen (secondary N) is 1. The van der Waals surface area contributed by atoms with Crippen LogP contribution in [0.15, 0.2) is 42.5 Å². The third-order valence-corrected chi connectivity index (χ3v) is 5.81. The van der Waals surface area contributed by atoms with Crippen LogP contribution in [0, 0.1) is 11.6 Å². The molecule has 0 aromatic heterocycles. The van der Waals surface area contributed by atoms with E-state index in [1.165, 1.54) is 13.2 Å². The van der Waals surface area contributed by atoms with Gasteiger partial charge in [-0.2, -0.15) is 0 Å². The largest absolute Gasteiger partial charge is 0.496 e. The van der Waals surface area contributed by atoms with Gasteiger partial charge in [-0.1, -0.05) is 12.1 Å². The number of nitrogens with zero attached hydrogens (tertiary/aromatic N) is 1. The monoisotopic (exact) mass is 460 g/mol. The molecule has 1 aliphatic rings. The van der Waals surface area contributed by atoms with Crippen LogP contribution in [0.25, 0.3) is 0 Å². The number of hydrogen-bond donors (Lipinski definition) is 1. The number of halogens is 2. The number of amides is 2. The second kappa shape index (κ2) is 9.77. The molecular formula is C25H30F2N2O4. The van der Waals surface area contributed by atoms with Crippen molar-refractivity contribution in [3.05, 3.63) is 65.2 Å². The topological polar surface area (TPSA) is 67.9 Å². The van der Waals surface area contributed by atoms with Gasteiger partial charge in [-0.15, -0.1) is 0 Å². The summed E-state index contributed by atoms with van der Waals surface area (Å²) in [5, 5.41) is 2.87. The highest BCUT2D eigenvalue weighted by Crippen LogP contribution is 2.37. The van der Waals surface area contributed by atoms with Gasteiger partial charge in [-0.05, 0) is 69.5 Å². The molecule has 2 aromatic carbocycles. The maximum Gasteiger partial charge on any atom is 0.410 e. The van der Waals surface area contributed by atoms with Crippen LogP contribution in [-0.2, 0) is 10.2 Å². The first-order chi connectivity index (χ1) is 15.5. The molecule has 3 rings (SSSR count). The summed E-state index contributed by atoms with van der Waals surface area (Å²) < 4.78 is 39.6. The predicted octanol–water partition coefficient (Wildman–Crippen LogP) is 4.67. The maximum absolute atomic E-state index is 14.8. The van der Waals surface area contributed by atoms with Crippen LogP contribution in [-0.4, -0.2) is 49.2 Å². The number of benzene rings is 2. The Balaban J connectivity index is 1.83. The summed E-state index contributed by atoms with van der Waals surface area (Å²) >= 11 is 0. The summed E-state index contributed by atoms with van der Waals surface area (Å²) in [4.78, 5) is 26.9. The van der Waals surface area contributed by atoms with Crippen molar-refractivity contribution >= 4 is 12.0 Å². The van der Waals surface area contributed by atoms with Crippen molar-refractivity contribution in [2.75, 3.05) is 26.7 Å². The van der Waals surface area contributed by atoms with Gasteiger partial charge in [0.25, 0.3) is 5.91 Å². The molecule has 0 atom stereocenters. The lowest BCUT2D eigenvalue weighted by molar-refractivity contribution is 0.0160. The summed E-state index contributed by atoms with van der Waals surface area (Å²) in [7, 11) is 1.47. The van der Waals surface area contributed by atoms with Crippen LogP contribution in [0.5, 0.6) is 5.75 Å². The molecule has 0 aliphatic carbocycles. The minimum Gasteiger partial charge on any atom is -0.496 e. The summed E-state index contributed by atoms with van der Waals surface area (Å²) in [6.07, 6.45) is 0.214. The first kappa shape index (κ1) is 24.5. The van der Waals surface area contributed by atoms with Crippen molar-refractivity contribution in [3.63, 3.8) is 0 Å². The Morgan fingerprint density at radius 2 is 1.76 bits per heavy atom. The minimum absolute atomic E-state index is 0.0758. The summed E-state index contributed by atoms with van der Waals surface area (Å²) in [6.45, 7) is 6.01. The molecule has 1 N–H and O–H groups in total. The van der Waals surface area contributed by atoms with E-state index < -0.39 is 28.7 Å². The molecule has 2 amide bonds. The van der Waals surface area contributed by atoms with Gasteiger partial charge < -0.3 is 19.7 Å². The zero-order valence-corrected chi connectivity index (χ0v) is 19.4. The maximum atomic E-state index is 14.8. The van der Waals surface area contributed by atoms with Crippen molar-refractivity contribution in [1.82, 2.24) is 10.2 Å². The van der Waals surface area contributed by atoms with E-state index in [0.717, 1.165) is 12.1 Å². The van der Waals surface area contributed by atoms with Crippen molar-refractivity contribution < 1.29 is 27.8 Å². The highest BCUT2D eigenvalue weighted by molar-refractivity contribution is 5.97. The molecule has 1 fully saturated rings. The van der Waals surface area contributed by atoms with Crippen LogP contribution < -0.4 is 10.1 Å². The lowest BCUT2D eigenvalue weighted by Gasteiger charge is -2.42. The Morgan fingerprint density at radius 1 is 1.09 bits per heavy atom. The van der Waals surface area contributed by atoms with Crippen LogP contribution in [0.2, 0.25) is 0 Å². The number of carbonyl (C=O) groups is 2. The van der Waals surface area contributed by atoms with Gasteiger partial charge in [0, 0.05) is 25.0 Å². The van der Waals surface area contributed by atoms with E-state index in [-0.39, 0.29) is 31.1 Å². The fourth-order valence-electron chi connectivity index (χ4n) is 4.07. The zero-order chi connectivity index (χ0) is 24.2. The molecule has 8 heteroatoms. The van der Waals surface area contributed by atoms with Gasteiger partial charge in [-0.25, -0.2) is 13.6 Å². The number of piperidine rings is 1. The molecule has 1 saturated heterocycles. The smallest absolute Gasteiger partial charge is 0.410 e. The van der Waals surface area contributed by atoms with Gasteiger partial charge in [0.05, 0.1) is 12.7 Å². The van der Waals surface area contributed by atoms with Gasteiger partial charge in [-0.3, -0.25) is 4.79 Å². The number of para-hydroxylation sites is 1. The number of hydrogen-bond acceptors (Lipinski definition) is 4. The van der Waals surface area contributed by atoms with Crippen LogP contribution in [0.1, 0.15) is 49.5 Å². The van der Waals surface area contributed by atoms with E-state index in [4.69, 9.17) is 9.47 Å². The Hall–Kier alpha value is -3.16. The molecule has 6 nitrogen and oxygen atoms in total. The SMILES string of the molecule is COc1ccccc1C(=O)NCC1(c2cc(F)ccc2F)CCN(C(=O)OC(C)(C)C)CC1. The fraction of sp³-hybridized carbons (Fsp3) is 0.440. The number of carbonyl (C=O) groups excluding carboxylic acids is 2. The molecule has 0 saturated carbocycles. The highest BCUT2D eigenvalue weighted by atomic mass is 19.1. The van der Waals surface area contributed by atoms with Gasteiger partial charge >= 0.3 is 6.09 Å². The van der Waals surface area contributed by atoms with Crippen LogP contribution in [0.3, 0.4) is 0 Å². The quantitative estimate of drug-likeness (QED) is 0.704. The van der Waals surface area contributed by atoms with E-state index in [1.807, 2.05) is 0 Å². The molecule has 0 radical (unpaired) electrons. The lowest BCUT2D eigenvalue weighted by Crippen LogP contribution is -2.51. The minimum atomic E-state index is -0.887. The van der Waals surface area contributed by atoms with E-state index in [1.54, 1.807) is 49.9 Å². The van der Waals surface area contributed by atoms with E-state index in [0.29, 0.717) is 24.2 Å². The Bertz CT molecular complexity index is 1010. The fourth-order valence-corrected chi connectivity index (χ4v) is 4.07. The van der Waals surface area contributed by atoms with Crippen molar-refractivity contribution in [2.24, 2.45) is 0 Å². The Morgan fingerprint density at radius 3 is 2.39 bits per heavy atom. The molecular weight excluding hydrogens is 430 g/mol. The summed E-state index contributed by atoms with van der Waals surface area (Å²) in [5.74, 6) is -1.07. The van der Waals surface area contributed by atoms with Crippen molar-refractivity contribution in [3.8, 4) is 5.75 Å². The summed E-state index contributed by atoms with van der Waals surface area (Å²) in [6, 6.07) is 10.1. The molecule has 0 spiro atoms. The zero-order valence-electron chi connectivity index (χ0n) is 19.4. The first-order valence-corrected chi connectivity index (χ1v) is 10.9.